The van der Waals surface area contributed by atoms with E-state index in [4.69, 9.17) is 20.9 Å². The molecule has 3 rings (SSSR count). The van der Waals surface area contributed by atoms with E-state index in [1.165, 1.54) is 0 Å². The third-order valence-electron chi connectivity index (χ3n) is 6.14. The lowest BCUT2D eigenvalue weighted by molar-refractivity contribution is -0.137. The molecule has 0 spiro atoms. The van der Waals surface area contributed by atoms with Crippen molar-refractivity contribution in [2.24, 2.45) is 22.4 Å². The van der Waals surface area contributed by atoms with Gasteiger partial charge in [-0.1, -0.05) is 19.1 Å². The monoisotopic (exact) mass is 463 g/mol. The van der Waals surface area contributed by atoms with Crippen LogP contribution in [0, 0.1) is 11.7 Å². The molecule has 0 aromatic heterocycles. The van der Waals surface area contributed by atoms with Crippen LogP contribution in [-0.4, -0.2) is 61.7 Å². The average Bonchev–Trinajstić information content (AvgIpc) is 2.82. The zero-order valence-corrected chi connectivity index (χ0v) is 19.2. The number of benzene rings is 1. The van der Waals surface area contributed by atoms with Gasteiger partial charge in [-0.3, -0.25) is 4.79 Å². The maximum atomic E-state index is 15.0. The third-order valence-corrected chi connectivity index (χ3v) is 6.14. The Morgan fingerprint density at radius 3 is 2.45 bits per heavy atom. The van der Waals surface area contributed by atoms with Crippen LogP contribution in [0.15, 0.2) is 23.2 Å². The summed E-state index contributed by atoms with van der Waals surface area (Å²) < 4.78 is 25.8. The van der Waals surface area contributed by atoms with Gasteiger partial charge < -0.3 is 30.7 Å². The molecule has 1 saturated carbocycles. The molecule has 0 atom stereocenters. The summed E-state index contributed by atoms with van der Waals surface area (Å²) >= 11 is 0. The van der Waals surface area contributed by atoms with E-state index in [2.05, 4.69) is 11.9 Å². The third kappa shape index (κ3) is 6.80. The van der Waals surface area contributed by atoms with Crippen molar-refractivity contribution in [3.05, 3.63) is 29.6 Å². The quantitative estimate of drug-likeness (QED) is 0.470. The van der Waals surface area contributed by atoms with E-state index in [0.717, 1.165) is 38.7 Å². The van der Waals surface area contributed by atoms with Crippen molar-refractivity contribution in [1.82, 2.24) is 4.90 Å². The number of ether oxygens (including phenoxy) is 2. The summed E-state index contributed by atoms with van der Waals surface area (Å²) in [4.78, 5) is 31.5. The first-order valence-electron chi connectivity index (χ1n) is 11.6. The number of nitrogens with two attached hydrogens (primary N) is 2. The highest BCUT2D eigenvalue weighted by Gasteiger charge is 2.31. The van der Waals surface area contributed by atoms with Gasteiger partial charge in [-0.05, 0) is 38.2 Å². The second-order valence-corrected chi connectivity index (χ2v) is 8.50. The summed E-state index contributed by atoms with van der Waals surface area (Å²) in [6.45, 7) is 4.77. The molecular weight excluding hydrogens is 429 g/mol. The Labute approximate surface area is 193 Å². The van der Waals surface area contributed by atoms with Gasteiger partial charge >= 0.3 is 6.09 Å². The van der Waals surface area contributed by atoms with Crippen LogP contribution in [0.2, 0.25) is 0 Å². The van der Waals surface area contributed by atoms with Crippen molar-refractivity contribution in [3.8, 4) is 0 Å². The van der Waals surface area contributed by atoms with Gasteiger partial charge in [-0.25, -0.2) is 9.18 Å². The minimum absolute atomic E-state index is 0.0537. The van der Waals surface area contributed by atoms with Gasteiger partial charge in [-0.15, -0.1) is 4.99 Å². The number of amides is 2. The molecule has 9 nitrogen and oxygen atoms in total. The van der Waals surface area contributed by atoms with Crippen LogP contribution in [0.4, 0.5) is 14.9 Å². The van der Waals surface area contributed by atoms with Gasteiger partial charge in [0, 0.05) is 44.3 Å². The van der Waals surface area contributed by atoms with Crippen LogP contribution >= 0.6 is 0 Å². The fraction of sp³-hybridized carbons (Fsp3) is 0.609. The topological polar surface area (TPSA) is 123 Å². The van der Waals surface area contributed by atoms with Crippen LogP contribution in [0.5, 0.6) is 0 Å². The molecule has 0 unspecified atom stereocenters. The van der Waals surface area contributed by atoms with Gasteiger partial charge in [-0.2, -0.15) is 0 Å². The second-order valence-electron chi connectivity index (χ2n) is 8.50. The molecule has 182 valence electrons. The molecule has 1 saturated heterocycles. The summed E-state index contributed by atoms with van der Waals surface area (Å²) in [7, 11) is 0. The largest absolute Gasteiger partial charge is 0.443 e. The number of hydrogen-bond donors (Lipinski definition) is 2. The van der Waals surface area contributed by atoms with Gasteiger partial charge in [0.25, 0.3) is 0 Å². The van der Waals surface area contributed by atoms with Crippen LogP contribution in [-0.2, 0) is 20.9 Å². The SMILES string of the molecule is CCCOC1CCC(C(=O)N2CCN(c3cccc(COC(=O)N=C(N)N)c3F)CC2)CC1. The first kappa shape index (κ1) is 24.8. The number of carbonyl (C=O) groups excluding carboxylic acids is 2. The maximum absolute atomic E-state index is 15.0. The molecular formula is C23H34FN5O4. The van der Waals surface area contributed by atoms with E-state index >= 15 is 4.39 Å². The van der Waals surface area contributed by atoms with Gasteiger partial charge in [0.1, 0.15) is 6.61 Å². The molecule has 1 aromatic carbocycles. The number of piperazine rings is 1. The van der Waals surface area contributed by atoms with E-state index < -0.39 is 17.9 Å². The van der Waals surface area contributed by atoms with E-state index in [1.807, 2.05) is 9.80 Å². The highest BCUT2D eigenvalue weighted by atomic mass is 19.1. The van der Waals surface area contributed by atoms with E-state index in [0.29, 0.717) is 31.9 Å². The fourth-order valence-electron chi connectivity index (χ4n) is 4.39. The lowest BCUT2D eigenvalue weighted by Crippen LogP contribution is -2.51. The van der Waals surface area contributed by atoms with Crippen LogP contribution in [0.25, 0.3) is 0 Å². The minimum Gasteiger partial charge on any atom is -0.443 e. The standard InChI is InChI=1S/C23H34FN5O4/c1-2-14-32-18-8-6-16(7-9-18)21(30)29-12-10-28(11-13-29)19-5-3-4-17(20(19)24)15-33-23(31)27-22(25)26/h3-5,16,18H,2,6-15H2,1H3,(H4,25,26,27,31). The second kappa shape index (κ2) is 11.8. The molecule has 1 aliphatic heterocycles. The predicted octanol–water partition coefficient (Wildman–Crippen LogP) is 2.37. The molecule has 2 fully saturated rings. The van der Waals surface area contributed by atoms with E-state index in [-0.39, 0.29) is 30.1 Å². The summed E-state index contributed by atoms with van der Waals surface area (Å²) in [5, 5.41) is 0. The molecule has 2 amide bonds. The van der Waals surface area contributed by atoms with Crippen molar-refractivity contribution in [2.75, 3.05) is 37.7 Å². The first-order chi connectivity index (χ1) is 15.9. The van der Waals surface area contributed by atoms with Gasteiger partial charge in [0.2, 0.25) is 5.91 Å². The molecule has 1 aromatic rings. The van der Waals surface area contributed by atoms with E-state index in [9.17, 15) is 9.59 Å². The van der Waals surface area contributed by atoms with Crippen molar-refractivity contribution in [2.45, 2.75) is 51.7 Å². The molecule has 10 heteroatoms. The number of carbonyl (C=O) groups is 2. The van der Waals surface area contributed by atoms with Crippen molar-refractivity contribution < 1.29 is 23.5 Å². The fourth-order valence-corrected chi connectivity index (χ4v) is 4.39. The Balaban J connectivity index is 1.51. The van der Waals surface area contributed by atoms with Crippen molar-refractivity contribution >= 4 is 23.6 Å². The maximum Gasteiger partial charge on any atom is 0.437 e. The highest BCUT2D eigenvalue weighted by molar-refractivity contribution is 5.87. The summed E-state index contributed by atoms with van der Waals surface area (Å²) in [5.41, 5.74) is 10.9. The van der Waals surface area contributed by atoms with Crippen LogP contribution < -0.4 is 16.4 Å². The summed E-state index contributed by atoms with van der Waals surface area (Å²) in [6, 6.07) is 4.94. The number of anilines is 1. The van der Waals surface area contributed by atoms with Crippen molar-refractivity contribution in [1.29, 1.82) is 0 Å². The minimum atomic E-state index is -0.974. The highest BCUT2D eigenvalue weighted by Crippen LogP contribution is 2.29. The molecule has 4 N–H and O–H groups in total. The number of rotatable bonds is 7. The molecule has 1 aliphatic carbocycles. The van der Waals surface area contributed by atoms with Gasteiger partial charge in [0.15, 0.2) is 11.8 Å². The lowest BCUT2D eigenvalue weighted by atomic mass is 9.86. The predicted molar refractivity (Wildman–Crippen MR) is 123 cm³/mol. The van der Waals surface area contributed by atoms with E-state index in [1.54, 1.807) is 18.2 Å². The Kier molecular flexibility index (Phi) is 8.87. The number of guanidine groups is 1. The lowest BCUT2D eigenvalue weighted by Gasteiger charge is -2.39. The zero-order valence-electron chi connectivity index (χ0n) is 19.2. The number of nitrogens with zero attached hydrogens (tertiary/aromatic N) is 3. The Morgan fingerprint density at radius 1 is 1.12 bits per heavy atom. The Hall–Kier alpha value is -2.88. The Bertz CT molecular complexity index is 845. The number of hydrogen-bond acceptors (Lipinski definition) is 5. The molecule has 2 aliphatic rings. The molecule has 0 bridgehead atoms. The van der Waals surface area contributed by atoms with Crippen LogP contribution in [0.3, 0.4) is 0 Å². The summed E-state index contributed by atoms with van der Waals surface area (Å²) in [5.74, 6) is -0.623. The van der Waals surface area contributed by atoms with Crippen molar-refractivity contribution in [3.63, 3.8) is 0 Å². The normalized spacial score (nSPS) is 20.9. The van der Waals surface area contributed by atoms with Gasteiger partial charge in [0.05, 0.1) is 11.8 Å². The first-order valence-corrected chi connectivity index (χ1v) is 11.6. The Morgan fingerprint density at radius 2 is 1.82 bits per heavy atom. The number of halogens is 1. The summed E-state index contributed by atoms with van der Waals surface area (Å²) in [6.07, 6.45) is 3.91. The average molecular weight is 464 g/mol. The molecule has 1 heterocycles. The van der Waals surface area contributed by atoms with Crippen LogP contribution in [0.1, 0.15) is 44.6 Å². The molecule has 0 radical (unpaired) electrons. The number of aliphatic imine (C=N–C) groups is 1. The molecule has 33 heavy (non-hydrogen) atoms. The smallest absolute Gasteiger partial charge is 0.437 e. The zero-order chi connectivity index (χ0) is 23.8.